The molecule has 0 aromatic carbocycles. The Hall–Kier alpha value is -3.01. The number of carbonyl (C=O) groups excluding carboxylic acids is 1. The summed E-state index contributed by atoms with van der Waals surface area (Å²) >= 11 is 0. The minimum atomic E-state index is -0.171. The molecule has 7 heteroatoms. The van der Waals surface area contributed by atoms with Crippen molar-refractivity contribution >= 4 is 11.7 Å². The minimum Gasteiger partial charge on any atom is -0.356 e. The van der Waals surface area contributed by atoms with E-state index in [-0.39, 0.29) is 11.9 Å². The lowest BCUT2D eigenvalue weighted by molar-refractivity contribution is 0.0926. The first-order valence-corrected chi connectivity index (χ1v) is 7.45. The number of pyridine rings is 1. The quantitative estimate of drug-likeness (QED) is 0.913. The van der Waals surface area contributed by atoms with Gasteiger partial charge in [0.1, 0.15) is 29.6 Å². The average Bonchev–Trinajstić information content (AvgIpc) is 2.63. The molecule has 3 rings (SSSR count). The van der Waals surface area contributed by atoms with Gasteiger partial charge in [0, 0.05) is 25.3 Å². The Balaban J connectivity index is 1.56. The Bertz CT molecular complexity index is 719. The molecule has 1 aliphatic heterocycles. The first-order valence-electron chi connectivity index (χ1n) is 7.45. The fourth-order valence-corrected chi connectivity index (χ4v) is 2.60. The van der Waals surface area contributed by atoms with Crippen molar-refractivity contribution in [1.29, 1.82) is 5.26 Å². The molecular formula is C16H16N6O. The second kappa shape index (κ2) is 6.83. The first-order chi connectivity index (χ1) is 11.3. The van der Waals surface area contributed by atoms with Gasteiger partial charge in [0.15, 0.2) is 0 Å². The average molecular weight is 308 g/mol. The van der Waals surface area contributed by atoms with Gasteiger partial charge in [-0.3, -0.25) is 4.79 Å². The Labute approximate surface area is 134 Å². The standard InChI is InChI=1S/C16H16N6O/c17-10-13-2-1-3-15(20-13)22-8-5-12(6-9-22)21-16(23)14-4-7-18-11-19-14/h1-4,7,11-12H,5-6,8-9H2,(H,21,23). The van der Waals surface area contributed by atoms with Gasteiger partial charge in [0.2, 0.25) is 0 Å². The number of nitrogens with zero attached hydrogens (tertiary/aromatic N) is 5. The lowest BCUT2D eigenvalue weighted by Crippen LogP contribution is -2.45. The number of piperidine rings is 1. The second-order valence-corrected chi connectivity index (χ2v) is 5.32. The van der Waals surface area contributed by atoms with Gasteiger partial charge >= 0.3 is 0 Å². The van der Waals surface area contributed by atoms with Crippen LogP contribution in [0.5, 0.6) is 0 Å². The number of anilines is 1. The minimum absolute atomic E-state index is 0.118. The highest BCUT2D eigenvalue weighted by Gasteiger charge is 2.22. The Morgan fingerprint density at radius 2 is 2.13 bits per heavy atom. The zero-order valence-electron chi connectivity index (χ0n) is 12.5. The van der Waals surface area contributed by atoms with Crippen molar-refractivity contribution in [3.05, 3.63) is 48.2 Å². The van der Waals surface area contributed by atoms with Crippen LogP contribution in [0.1, 0.15) is 29.0 Å². The Morgan fingerprint density at radius 3 is 2.83 bits per heavy atom. The number of nitriles is 1. The summed E-state index contributed by atoms with van der Waals surface area (Å²) in [5.74, 6) is 0.639. The van der Waals surface area contributed by atoms with Crippen LogP contribution in [-0.2, 0) is 0 Å². The van der Waals surface area contributed by atoms with Gasteiger partial charge in [-0.05, 0) is 31.0 Å². The molecule has 0 unspecified atom stereocenters. The molecule has 3 heterocycles. The maximum atomic E-state index is 12.1. The van der Waals surface area contributed by atoms with Gasteiger partial charge in [-0.15, -0.1) is 0 Å². The topological polar surface area (TPSA) is 94.8 Å². The van der Waals surface area contributed by atoms with E-state index in [1.807, 2.05) is 12.1 Å². The van der Waals surface area contributed by atoms with E-state index in [2.05, 4.69) is 31.2 Å². The molecule has 1 amide bonds. The maximum Gasteiger partial charge on any atom is 0.270 e. The highest BCUT2D eigenvalue weighted by molar-refractivity contribution is 5.92. The SMILES string of the molecule is N#Cc1cccc(N2CCC(NC(=O)c3ccncn3)CC2)n1. The third kappa shape index (κ3) is 3.61. The molecule has 23 heavy (non-hydrogen) atoms. The molecule has 1 saturated heterocycles. The summed E-state index contributed by atoms with van der Waals surface area (Å²) in [6.45, 7) is 1.58. The molecule has 1 fully saturated rings. The van der Waals surface area contributed by atoms with Crippen molar-refractivity contribution in [2.24, 2.45) is 0 Å². The van der Waals surface area contributed by atoms with E-state index in [0.717, 1.165) is 31.7 Å². The van der Waals surface area contributed by atoms with E-state index in [4.69, 9.17) is 5.26 Å². The van der Waals surface area contributed by atoms with Crippen molar-refractivity contribution < 1.29 is 4.79 Å². The van der Waals surface area contributed by atoms with Crippen LogP contribution in [0.2, 0.25) is 0 Å². The molecule has 7 nitrogen and oxygen atoms in total. The van der Waals surface area contributed by atoms with Gasteiger partial charge in [0.25, 0.3) is 5.91 Å². The van der Waals surface area contributed by atoms with Crippen molar-refractivity contribution in [3.63, 3.8) is 0 Å². The van der Waals surface area contributed by atoms with Gasteiger partial charge in [-0.25, -0.2) is 15.0 Å². The zero-order chi connectivity index (χ0) is 16.1. The number of hydrogen-bond donors (Lipinski definition) is 1. The van der Waals surface area contributed by atoms with E-state index in [1.165, 1.54) is 6.33 Å². The normalized spacial score (nSPS) is 15.0. The third-order valence-corrected chi connectivity index (χ3v) is 3.82. The van der Waals surface area contributed by atoms with Crippen LogP contribution in [0.15, 0.2) is 36.8 Å². The molecule has 0 bridgehead atoms. The van der Waals surface area contributed by atoms with Crippen LogP contribution >= 0.6 is 0 Å². The van der Waals surface area contributed by atoms with E-state index < -0.39 is 0 Å². The number of rotatable bonds is 3. The summed E-state index contributed by atoms with van der Waals surface area (Å²) in [6, 6.07) is 9.20. The predicted octanol–water partition coefficient (Wildman–Crippen LogP) is 1.14. The summed E-state index contributed by atoms with van der Waals surface area (Å²) < 4.78 is 0. The maximum absolute atomic E-state index is 12.1. The highest BCUT2D eigenvalue weighted by Crippen LogP contribution is 2.18. The lowest BCUT2D eigenvalue weighted by atomic mass is 10.0. The molecule has 2 aromatic rings. The summed E-state index contributed by atoms with van der Waals surface area (Å²) in [4.78, 5) is 26.3. The number of nitrogens with one attached hydrogen (secondary N) is 1. The van der Waals surface area contributed by atoms with Gasteiger partial charge < -0.3 is 10.2 Å². The number of aromatic nitrogens is 3. The highest BCUT2D eigenvalue weighted by atomic mass is 16.1. The predicted molar refractivity (Wildman–Crippen MR) is 83.7 cm³/mol. The Morgan fingerprint density at radius 1 is 1.30 bits per heavy atom. The molecule has 1 aliphatic rings. The van der Waals surface area contributed by atoms with Crippen molar-refractivity contribution in [1.82, 2.24) is 20.3 Å². The molecule has 2 aromatic heterocycles. The van der Waals surface area contributed by atoms with Crippen LogP contribution < -0.4 is 10.2 Å². The summed E-state index contributed by atoms with van der Waals surface area (Å²) in [6.07, 6.45) is 4.58. The van der Waals surface area contributed by atoms with E-state index >= 15 is 0 Å². The van der Waals surface area contributed by atoms with Crippen LogP contribution in [0, 0.1) is 11.3 Å². The van der Waals surface area contributed by atoms with Crippen molar-refractivity contribution in [2.45, 2.75) is 18.9 Å². The van der Waals surface area contributed by atoms with Crippen LogP contribution in [0.4, 0.5) is 5.82 Å². The monoisotopic (exact) mass is 308 g/mol. The van der Waals surface area contributed by atoms with Crippen LogP contribution in [0.3, 0.4) is 0 Å². The molecular weight excluding hydrogens is 292 g/mol. The fourth-order valence-electron chi connectivity index (χ4n) is 2.60. The van der Waals surface area contributed by atoms with Gasteiger partial charge in [-0.1, -0.05) is 6.07 Å². The van der Waals surface area contributed by atoms with E-state index in [1.54, 1.807) is 18.3 Å². The summed E-state index contributed by atoms with van der Waals surface area (Å²) in [5.41, 5.74) is 0.799. The van der Waals surface area contributed by atoms with Crippen molar-refractivity contribution in [2.75, 3.05) is 18.0 Å². The van der Waals surface area contributed by atoms with Gasteiger partial charge in [-0.2, -0.15) is 5.26 Å². The lowest BCUT2D eigenvalue weighted by Gasteiger charge is -2.33. The zero-order valence-corrected chi connectivity index (χ0v) is 12.5. The molecule has 0 atom stereocenters. The fraction of sp³-hybridized carbons (Fsp3) is 0.312. The smallest absolute Gasteiger partial charge is 0.270 e. The number of amides is 1. The van der Waals surface area contributed by atoms with E-state index in [9.17, 15) is 4.79 Å². The molecule has 0 aliphatic carbocycles. The summed E-state index contributed by atoms with van der Waals surface area (Å²) in [5, 5.41) is 11.9. The largest absolute Gasteiger partial charge is 0.356 e. The van der Waals surface area contributed by atoms with Crippen LogP contribution in [0.25, 0.3) is 0 Å². The molecule has 116 valence electrons. The molecule has 0 spiro atoms. The summed E-state index contributed by atoms with van der Waals surface area (Å²) in [7, 11) is 0. The van der Waals surface area contributed by atoms with Crippen LogP contribution in [-0.4, -0.2) is 40.0 Å². The van der Waals surface area contributed by atoms with E-state index in [0.29, 0.717) is 11.4 Å². The first kappa shape index (κ1) is 14.9. The molecule has 0 saturated carbocycles. The van der Waals surface area contributed by atoms with Gasteiger partial charge in [0.05, 0.1) is 0 Å². The Kier molecular flexibility index (Phi) is 4.43. The number of carbonyl (C=O) groups is 1. The van der Waals surface area contributed by atoms with Crippen molar-refractivity contribution in [3.8, 4) is 6.07 Å². The molecule has 1 N–H and O–H groups in total. The second-order valence-electron chi connectivity index (χ2n) is 5.32. The number of hydrogen-bond acceptors (Lipinski definition) is 6. The molecule has 0 radical (unpaired) electrons. The third-order valence-electron chi connectivity index (χ3n) is 3.82.